The van der Waals surface area contributed by atoms with Gasteiger partial charge in [0.25, 0.3) is 11.9 Å². The molecule has 11 heteroatoms. The minimum absolute atomic E-state index is 0.00308. The van der Waals surface area contributed by atoms with Crippen molar-refractivity contribution in [3.05, 3.63) is 87.2 Å². The van der Waals surface area contributed by atoms with E-state index in [1.54, 1.807) is 35.2 Å². The number of alkyl halides is 2. The van der Waals surface area contributed by atoms with E-state index in [0.717, 1.165) is 30.5 Å². The Bertz CT molecular complexity index is 1420. The molecular formula is C28H24Cl2F3N3O3. The topological polar surface area (TPSA) is 74.7 Å². The Labute approximate surface area is 233 Å². The normalized spacial score (nSPS) is 15.8. The average Bonchev–Trinajstić information content (AvgIpc) is 3.65. The maximum absolute atomic E-state index is 13.9. The molecule has 1 heterocycles. The monoisotopic (exact) mass is 577 g/mol. The van der Waals surface area contributed by atoms with Crippen molar-refractivity contribution < 1.29 is 27.4 Å². The van der Waals surface area contributed by atoms with E-state index in [0.29, 0.717) is 34.3 Å². The summed E-state index contributed by atoms with van der Waals surface area (Å²) < 4.78 is 50.0. The molecule has 1 atom stereocenters. The van der Waals surface area contributed by atoms with E-state index in [-0.39, 0.29) is 47.3 Å². The van der Waals surface area contributed by atoms with Crippen molar-refractivity contribution in [3.8, 4) is 16.9 Å². The van der Waals surface area contributed by atoms with E-state index in [4.69, 9.17) is 33.3 Å². The van der Waals surface area contributed by atoms with Crippen LogP contribution in [-0.2, 0) is 11.3 Å². The highest BCUT2D eigenvalue weighted by Gasteiger charge is 2.34. The molecule has 2 N–H and O–H groups in total. The quantitative estimate of drug-likeness (QED) is 0.286. The zero-order valence-corrected chi connectivity index (χ0v) is 22.0. The highest BCUT2D eigenvalue weighted by atomic mass is 35.5. The molecule has 1 saturated heterocycles. The summed E-state index contributed by atoms with van der Waals surface area (Å²) in [6.45, 7) is -2.06. The Hall–Kier alpha value is -3.43. The maximum atomic E-state index is 13.9. The first-order valence-electron chi connectivity index (χ1n) is 12.3. The number of hydrogen-bond donors (Lipinski definition) is 2. The molecule has 0 aromatic heterocycles. The predicted octanol–water partition coefficient (Wildman–Crippen LogP) is 7.05. The third-order valence-corrected chi connectivity index (χ3v) is 7.41. The summed E-state index contributed by atoms with van der Waals surface area (Å²) in [4.78, 5) is 15.3. The summed E-state index contributed by atoms with van der Waals surface area (Å²) in [6.07, 6.45) is 1.88. The summed E-state index contributed by atoms with van der Waals surface area (Å²) in [7, 11) is 0. The number of ether oxygens (including phenoxy) is 2. The van der Waals surface area contributed by atoms with Gasteiger partial charge in [0, 0.05) is 23.7 Å². The number of rotatable bonds is 9. The molecule has 3 aromatic carbocycles. The number of amides is 1. The van der Waals surface area contributed by atoms with Crippen LogP contribution in [0.15, 0.2) is 54.6 Å². The number of hydrogen-bond acceptors (Lipinski definition) is 4. The van der Waals surface area contributed by atoms with Crippen molar-refractivity contribution in [1.82, 2.24) is 10.2 Å². The number of carbonyl (C=O) groups is 1. The van der Waals surface area contributed by atoms with Gasteiger partial charge in [-0.3, -0.25) is 10.2 Å². The molecule has 1 amide bonds. The summed E-state index contributed by atoms with van der Waals surface area (Å²) >= 11 is 12.3. The number of nitrogens with one attached hydrogen (secondary N) is 2. The molecule has 0 bridgehead atoms. The first kappa shape index (κ1) is 27.1. The second-order valence-corrected chi connectivity index (χ2v) is 10.3. The van der Waals surface area contributed by atoms with Gasteiger partial charge in [-0.15, -0.1) is 0 Å². The van der Waals surface area contributed by atoms with Crippen LogP contribution in [0.2, 0.25) is 10.0 Å². The van der Waals surface area contributed by atoms with Crippen LogP contribution in [0.1, 0.15) is 40.4 Å². The molecule has 0 spiro atoms. The fourth-order valence-electron chi connectivity index (χ4n) is 4.65. The summed E-state index contributed by atoms with van der Waals surface area (Å²) in [5.41, 5.74) is 2.32. The Kier molecular flexibility index (Phi) is 7.91. The van der Waals surface area contributed by atoms with E-state index >= 15 is 0 Å². The summed E-state index contributed by atoms with van der Waals surface area (Å²) in [5, 5.41) is 11.9. The van der Waals surface area contributed by atoms with Gasteiger partial charge in [-0.05, 0) is 77.9 Å². The number of halogens is 5. The first-order valence-corrected chi connectivity index (χ1v) is 13.0. The minimum Gasteiger partial charge on any atom is -0.463 e. The molecule has 2 aliphatic rings. The number of amidine groups is 1. The smallest absolute Gasteiger partial charge is 0.387 e. The van der Waals surface area contributed by atoms with Crippen LogP contribution in [0.5, 0.6) is 5.75 Å². The largest absolute Gasteiger partial charge is 0.463 e. The molecule has 3 aromatic rings. The van der Waals surface area contributed by atoms with Crippen molar-refractivity contribution in [3.63, 3.8) is 0 Å². The Balaban J connectivity index is 1.51. The zero-order valence-electron chi connectivity index (χ0n) is 20.5. The fraction of sp³-hybridized carbons (Fsp3) is 0.286. The molecular weight excluding hydrogens is 554 g/mol. The van der Waals surface area contributed by atoms with Gasteiger partial charge >= 0.3 is 6.61 Å². The second kappa shape index (κ2) is 11.4. The van der Waals surface area contributed by atoms with Gasteiger partial charge in [0.05, 0.1) is 22.6 Å². The van der Waals surface area contributed by atoms with Gasteiger partial charge < -0.3 is 19.7 Å². The van der Waals surface area contributed by atoms with Crippen LogP contribution in [0.3, 0.4) is 0 Å². The van der Waals surface area contributed by atoms with E-state index in [9.17, 15) is 18.0 Å². The van der Waals surface area contributed by atoms with Crippen LogP contribution in [-0.4, -0.2) is 36.6 Å². The first-order chi connectivity index (χ1) is 18.7. The number of nitrogens with zero attached hydrogens (tertiary/aromatic N) is 1. The highest BCUT2D eigenvalue weighted by molar-refractivity contribution is 6.42. The predicted molar refractivity (Wildman–Crippen MR) is 142 cm³/mol. The third-order valence-electron chi connectivity index (χ3n) is 6.67. The standard InChI is InChI=1S/C28H24Cl2F3N3O3/c29-22-6-3-17(12-23(22)30)25(16-1-2-16)35-26(37)19-10-15(14-36-7-8-38-28(36)34)9-18(11-19)21-5-4-20(31)13-24(21)39-27(32)33/h3-6,9-13,16,25,27,34H,1-2,7-8,14H2,(H,35,37). The van der Waals surface area contributed by atoms with Crippen molar-refractivity contribution in [2.45, 2.75) is 32.0 Å². The van der Waals surface area contributed by atoms with E-state index in [2.05, 4.69) is 10.1 Å². The van der Waals surface area contributed by atoms with Gasteiger partial charge in [0.1, 0.15) is 18.2 Å². The molecule has 6 nitrogen and oxygen atoms in total. The van der Waals surface area contributed by atoms with Crippen LogP contribution in [0, 0.1) is 17.1 Å². The highest BCUT2D eigenvalue weighted by Crippen LogP contribution is 2.42. The van der Waals surface area contributed by atoms with Gasteiger partial charge in [0.15, 0.2) is 0 Å². The number of benzene rings is 3. The van der Waals surface area contributed by atoms with Gasteiger partial charge in [0.2, 0.25) is 0 Å². The average molecular weight is 578 g/mol. The van der Waals surface area contributed by atoms with Gasteiger partial charge in [-0.25, -0.2) is 4.39 Å². The lowest BCUT2D eigenvalue weighted by Crippen LogP contribution is -2.30. The Morgan fingerprint density at radius 2 is 1.90 bits per heavy atom. The molecule has 1 unspecified atom stereocenters. The lowest BCUT2D eigenvalue weighted by molar-refractivity contribution is -0.0496. The Morgan fingerprint density at radius 3 is 2.56 bits per heavy atom. The third kappa shape index (κ3) is 6.42. The molecule has 204 valence electrons. The van der Waals surface area contributed by atoms with Crippen molar-refractivity contribution in [1.29, 1.82) is 5.41 Å². The number of carbonyl (C=O) groups excluding carboxylic acids is 1. The van der Waals surface area contributed by atoms with Gasteiger partial charge in [-0.2, -0.15) is 8.78 Å². The molecule has 2 fully saturated rings. The molecule has 0 radical (unpaired) electrons. The summed E-state index contributed by atoms with van der Waals surface area (Å²) in [5.74, 6) is -1.23. The van der Waals surface area contributed by atoms with Crippen LogP contribution >= 0.6 is 23.2 Å². The second-order valence-electron chi connectivity index (χ2n) is 9.47. The zero-order chi connectivity index (χ0) is 27.7. The van der Waals surface area contributed by atoms with E-state index in [1.807, 2.05) is 6.07 Å². The van der Waals surface area contributed by atoms with Crippen molar-refractivity contribution >= 4 is 35.1 Å². The molecule has 1 aliphatic carbocycles. The van der Waals surface area contributed by atoms with E-state index < -0.39 is 12.4 Å². The molecule has 5 rings (SSSR count). The van der Waals surface area contributed by atoms with Crippen molar-refractivity contribution in [2.24, 2.45) is 5.92 Å². The maximum Gasteiger partial charge on any atom is 0.387 e. The van der Waals surface area contributed by atoms with Crippen LogP contribution < -0.4 is 10.1 Å². The lowest BCUT2D eigenvalue weighted by Gasteiger charge is -2.21. The molecule has 1 saturated carbocycles. The minimum atomic E-state index is -3.16. The SMILES string of the molecule is N=C1OCCN1Cc1cc(C(=O)NC(c2ccc(Cl)c(Cl)c2)C2CC2)cc(-c2ccc(F)cc2OC(F)F)c1. The summed E-state index contributed by atoms with van der Waals surface area (Å²) in [6, 6.07) is 13.2. The van der Waals surface area contributed by atoms with Crippen LogP contribution in [0.4, 0.5) is 13.2 Å². The van der Waals surface area contributed by atoms with Gasteiger partial charge in [-0.1, -0.05) is 29.3 Å². The molecule has 39 heavy (non-hydrogen) atoms. The van der Waals surface area contributed by atoms with Crippen molar-refractivity contribution in [2.75, 3.05) is 13.2 Å². The fourth-order valence-corrected chi connectivity index (χ4v) is 4.95. The lowest BCUT2D eigenvalue weighted by atomic mass is 9.97. The van der Waals surface area contributed by atoms with Crippen LogP contribution in [0.25, 0.3) is 11.1 Å². The Morgan fingerprint density at radius 1 is 1.10 bits per heavy atom. The molecule has 1 aliphatic heterocycles. The van der Waals surface area contributed by atoms with E-state index in [1.165, 1.54) is 6.07 Å².